The molecule has 0 fully saturated rings. The second-order valence-electron chi connectivity index (χ2n) is 10.2. The van der Waals surface area contributed by atoms with Crippen molar-refractivity contribution in [2.24, 2.45) is 0 Å². The Labute approximate surface area is 225 Å². The number of amides is 1. The first-order valence-corrected chi connectivity index (χ1v) is 12.7. The predicted octanol–water partition coefficient (Wildman–Crippen LogP) is 5.63. The van der Waals surface area contributed by atoms with Crippen LogP contribution < -0.4 is 10.1 Å². The van der Waals surface area contributed by atoms with Crippen LogP contribution in [-0.2, 0) is 24.4 Å². The number of carbonyl (C=O) groups excluding carboxylic acids is 1. The van der Waals surface area contributed by atoms with Gasteiger partial charge in [0, 0.05) is 60.4 Å². The second-order valence-corrected chi connectivity index (χ2v) is 10.6. The van der Waals surface area contributed by atoms with Crippen LogP contribution in [0.3, 0.4) is 0 Å². The molecule has 1 aliphatic rings. The number of nitrogens with one attached hydrogen (secondary N) is 1. The van der Waals surface area contributed by atoms with Gasteiger partial charge in [0.15, 0.2) is 0 Å². The second kappa shape index (κ2) is 10.6. The predicted molar refractivity (Wildman–Crippen MR) is 143 cm³/mol. The van der Waals surface area contributed by atoms with Crippen LogP contribution in [0.5, 0.6) is 5.75 Å². The largest absolute Gasteiger partial charge is 0.490 e. The minimum atomic E-state index is -0.565. The number of hydrogen-bond donors (Lipinski definition) is 1. The van der Waals surface area contributed by atoms with Gasteiger partial charge in [-0.05, 0) is 57.2 Å². The third-order valence-electron chi connectivity index (χ3n) is 6.04. The Morgan fingerprint density at radius 1 is 1.18 bits per heavy atom. The first-order valence-electron chi connectivity index (χ1n) is 12.4. The minimum absolute atomic E-state index is 0.183. The number of fused-ring (bicyclic) bond motifs is 2. The first kappa shape index (κ1) is 25.9. The highest BCUT2D eigenvalue weighted by Gasteiger charge is 2.21. The molecule has 0 atom stereocenters. The first-order chi connectivity index (χ1) is 18.1. The molecular formula is C28H29ClFN5O3. The fourth-order valence-corrected chi connectivity index (χ4v) is 4.69. The van der Waals surface area contributed by atoms with Crippen molar-refractivity contribution in [3.05, 3.63) is 82.8 Å². The molecule has 10 heteroatoms. The molecule has 0 radical (unpaired) electrons. The van der Waals surface area contributed by atoms with Gasteiger partial charge in [0.2, 0.25) is 0 Å². The van der Waals surface area contributed by atoms with Crippen LogP contribution in [0.1, 0.15) is 37.7 Å². The van der Waals surface area contributed by atoms with E-state index in [1.807, 2.05) is 43.7 Å². The maximum Gasteiger partial charge on any atom is 0.408 e. The maximum atomic E-state index is 13.7. The summed E-state index contributed by atoms with van der Waals surface area (Å²) in [6.45, 7) is 8.05. The van der Waals surface area contributed by atoms with Gasteiger partial charge in [-0.1, -0.05) is 11.6 Å². The Kier molecular flexibility index (Phi) is 7.23. The zero-order chi connectivity index (χ0) is 26.9. The van der Waals surface area contributed by atoms with Crippen LogP contribution in [-0.4, -0.2) is 44.3 Å². The van der Waals surface area contributed by atoms with Crippen molar-refractivity contribution in [1.29, 1.82) is 0 Å². The maximum absolute atomic E-state index is 13.7. The molecule has 3 heterocycles. The van der Waals surface area contributed by atoms with E-state index in [0.29, 0.717) is 42.8 Å². The van der Waals surface area contributed by atoms with Gasteiger partial charge in [-0.15, -0.1) is 0 Å². The Morgan fingerprint density at radius 2 is 1.97 bits per heavy atom. The molecule has 5 rings (SSSR count). The van der Waals surface area contributed by atoms with Gasteiger partial charge in [-0.25, -0.2) is 19.2 Å². The molecule has 0 saturated heterocycles. The lowest BCUT2D eigenvalue weighted by atomic mass is 10.1. The lowest BCUT2D eigenvalue weighted by Crippen LogP contribution is -2.32. The molecule has 4 aromatic rings. The minimum Gasteiger partial charge on any atom is -0.490 e. The van der Waals surface area contributed by atoms with E-state index in [2.05, 4.69) is 26.3 Å². The van der Waals surface area contributed by atoms with E-state index < -0.39 is 11.7 Å². The van der Waals surface area contributed by atoms with Crippen LogP contribution in [0.15, 0.2) is 55.0 Å². The van der Waals surface area contributed by atoms with E-state index in [9.17, 15) is 9.18 Å². The average molecular weight is 538 g/mol. The van der Waals surface area contributed by atoms with E-state index in [-0.39, 0.29) is 12.4 Å². The van der Waals surface area contributed by atoms with Crippen LogP contribution >= 0.6 is 11.6 Å². The topological polar surface area (TPSA) is 81.5 Å². The number of nitrogens with zero attached hydrogens (tertiary/aromatic N) is 4. The van der Waals surface area contributed by atoms with Gasteiger partial charge in [-0.3, -0.25) is 4.90 Å². The van der Waals surface area contributed by atoms with Gasteiger partial charge in [0.05, 0.1) is 17.1 Å². The molecule has 0 spiro atoms. The summed E-state index contributed by atoms with van der Waals surface area (Å²) < 4.78 is 26.9. The van der Waals surface area contributed by atoms with Gasteiger partial charge in [0.25, 0.3) is 0 Å². The molecule has 8 nitrogen and oxygen atoms in total. The number of aromatic nitrogens is 3. The van der Waals surface area contributed by atoms with Crippen molar-refractivity contribution in [3.63, 3.8) is 0 Å². The van der Waals surface area contributed by atoms with Gasteiger partial charge in [-0.2, -0.15) is 0 Å². The standard InChI is InChI=1S/C28H29ClFN5O3/c1-28(2,3)38-27(36)33-15-25-31-13-18(14-32-25)16-34-8-9-37-26-20(17-34)11-22(12-23(26)29)35-7-6-19-10-21(30)4-5-24(19)35/h4-7,10-14H,8-9,15-17H2,1-3H3,(H,33,36). The molecule has 0 saturated carbocycles. The third-order valence-corrected chi connectivity index (χ3v) is 6.32. The molecule has 0 aliphatic carbocycles. The highest BCUT2D eigenvalue weighted by Crippen LogP contribution is 2.35. The normalized spacial score (nSPS) is 14.0. The number of halogens is 2. The molecule has 1 N–H and O–H groups in total. The van der Waals surface area contributed by atoms with E-state index >= 15 is 0 Å². The highest BCUT2D eigenvalue weighted by atomic mass is 35.5. The summed E-state index contributed by atoms with van der Waals surface area (Å²) >= 11 is 6.65. The Hall–Kier alpha value is -3.69. The van der Waals surface area contributed by atoms with Crippen molar-refractivity contribution in [2.75, 3.05) is 13.2 Å². The SMILES string of the molecule is CC(C)(C)OC(=O)NCc1ncc(CN2CCOc3c(Cl)cc(-n4ccc5cc(F)ccc54)cc3C2)cn1. The number of ether oxygens (including phenoxy) is 2. The van der Waals surface area contributed by atoms with E-state index in [1.165, 1.54) is 12.1 Å². The van der Waals surface area contributed by atoms with E-state index in [4.69, 9.17) is 21.1 Å². The summed E-state index contributed by atoms with van der Waals surface area (Å²) in [7, 11) is 0. The molecule has 38 heavy (non-hydrogen) atoms. The molecule has 0 bridgehead atoms. The summed E-state index contributed by atoms with van der Waals surface area (Å²) in [6, 6.07) is 10.5. The van der Waals surface area contributed by atoms with E-state index in [0.717, 1.165) is 27.7 Å². The van der Waals surface area contributed by atoms with Crippen molar-refractivity contribution in [1.82, 2.24) is 24.8 Å². The zero-order valence-electron chi connectivity index (χ0n) is 21.5. The van der Waals surface area contributed by atoms with Crippen molar-refractivity contribution >= 4 is 28.6 Å². The lowest BCUT2D eigenvalue weighted by Gasteiger charge is -2.20. The number of hydrogen-bond acceptors (Lipinski definition) is 6. The van der Waals surface area contributed by atoms with Crippen LogP contribution in [0.4, 0.5) is 9.18 Å². The van der Waals surface area contributed by atoms with E-state index in [1.54, 1.807) is 18.5 Å². The summed E-state index contributed by atoms with van der Waals surface area (Å²) in [5, 5.41) is 4.02. The fraction of sp³-hybridized carbons (Fsp3) is 0.321. The van der Waals surface area contributed by atoms with Crippen LogP contribution in [0.2, 0.25) is 5.02 Å². The molecule has 2 aromatic carbocycles. The highest BCUT2D eigenvalue weighted by molar-refractivity contribution is 6.32. The van der Waals surface area contributed by atoms with Crippen LogP contribution in [0, 0.1) is 5.82 Å². The van der Waals surface area contributed by atoms with Crippen molar-refractivity contribution in [3.8, 4) is 11.4 Å². The summed E-state index contributed by atoms with van der Waals surface area (Å²) in [4.78, 5) is 22.9. The molecular weight excluding hydrogens is 509 g/mol. The Balaban J connectivity index is 1.28. The lowest BCUT2D eigenvalue weighted by molar-refractivity contribution is 0.0522. The smallest absolute Gasteiger partial charge is 0.408 e. The molecule has 2 aromatic heterocycles. The van der Waals surface area contributed by atoms with Gasteiger partial charge >= 0.3 is 6.09 Å². The molecule has 0 unspecified atom stereocenters. The van der Waals surface area contributed by atoms with Gasteiger partial charge < -0.3 is 19.4 Å². The Bertz CT molecular complexity index is 1470. The fourth-order valence-electron chi connectivity index (χ4n) is 4.40. The van der Waals surface area contributed by atoms with Crippen molar-refractivity contribution in [2.45, 2.75) is 46.0 Å². The Morgan fingerprint density at radius 3 is 2.74 bits per heavy atom. The number of alkyl carbamates (subject to hydrolysis) is 1. The summed E-state index contributed by atoms with van der Waals surface area (Å²) in [5.41, 5.74) is 3.12. The summed E-state index contributed by atoms with van der Waals surface area (Å²) in [5.74, 6) is 0.912. The average Bonchev–Trinajstić information content (AvgIpc) is 3.15. The molecule has 198 valence electrons. The van der Waals surface area contributed by atoms with Crippen LogP contribution in [0.25, 0.3) is 16.6 Å². The molecule has 1 amide bonds. The van der Waals surface area contributed by atoms with Gasteiger partial charge in [0.1, 0.15) is 29.6 Å². The monoisotopic (exact) mass is 537 g/mol. The van der Waals surface area contributed by atoms with Crippen molar-refractivity contribution < 1.29 is 18.7 Å². The quantitative estimate of drug-likeness (QED) is 0.355. The number of benzene rings is 2. The number of rotatable bonds is 5. The third kappa shape index (κ3) is 6.06. The molecule has 1 aliphatic heterocycles. The zero-order valence-corrected chi connectivity index (χ0v) is 22.3. The number of carbonyl (C=O) groups is 1. The summed E-state index contributed by atoms with van der Waals surface area (Å²) in [6.07, 6.45) is 4.93.